The van der Waals surface area contributed by atoms with Crippen molar-refractivity contribution in [3.05, 3.63) is 0 Å². The van der Waals surface area contributed by atoms with Crippen molar-refractivity contribution in [3.63, 3.8) is 0 Å². The van der Waals surface area contributed by atoms with Gasteiger partial charge in [-0.3, -0.25) is 14.4 Å². The standard InChI is InChI=1S/C23H37N3O4/c1-4-20(14-22(28)30-16-17(2)3)25-23(29)19-6-5-13-26(15-19)21(27)8-7-18-9-11-24-12-10-18/h1,17-20,24H,5-16H2,2-3H3,(H,25,29)/t19-,20-/m1/s1. The summed E-state index contributed by atoms with van der Waals surface area (Å²) in [6, 6.07) is -0.692. The van der Waals surface area contributed by atoms with Crippen molar-refractivity contribution < 1.29 is 19.1 Å². The molecular formula is C23H37N3O4. The van der Waals surface area contributed by atoms with Gasteiger partial charge < -0.3 is 20.3 Å². The quantitative estimate of drug-likeness (QED) is 0.439. The summed E-state index contributed by atoms with van der Waals surface area (Å²) in [5, 5.41) is 6.12. The average molecular weight is 420 g/mol. The van der Waals surface area contributed by atoms with E-state index in [0.717, 1.165) is 45.2 Å². The summed E-state index contributed by atoms with van der Waals surface area (Å²) in [6.45, 7) is 7.44. The molecule has 2 aliphatic heterocycles. The maximum Gasteiger partial charge on any atom is 0.308 e. The van der Waals surface area contributed by atoms with E-state index in [9.17, 15) is 14.4 Å². The van der Waals surface area contributed by atoms with Gasteiger partial charge in [-0.25, -0.2) is 0 Å². The minimum Gasteiger partial charge on any atom is -0.465 e. The fourth-order valence-electron chi connectivity index (χ4n) is 4.00. The smallest absolute Gasteiger partial charge is 0.308 e. The van der Waals surface area contributed by atoms with Gasteiger partial charge in [0.05, 0.1) is 18.9 Å². The number of hydrogen-bond donors (Lipinski definition) is 2. The number of terminal acetylenes is 1. The van der Waals surface area contributed by atoms with E-state index in [2.05, 4.69) is 16.6 Å². The van der Waals surface area contributed by atoms with E-state index in [1.54, 1.807) is 0 Å². The molecule has 0 aromatic carbocycles. The Balaban J connectivity index is 1.77. The monoisotopic (exact) mass is 419 g/mol. The molecule has 7 heteroatoms. The zero-order valence-electron chi connectivity index (χ0n) is 18.5. The highest BCUT2D eigenvalue weighted by molar-refractivity contribution is 5.82. The van der Waals surface area contributed by atoms with E-state index in [-0.39, 0.29) is 30.1 Å². The first-order chi connectivity index (χ1) is 14.4. The fraction of sp³-hybridized carbons (Fsp3) is 0.783. The second-order valence-electron chi connectivity index (χ2n) is 8.92. The van der Waals surface area contributed by atoms with Crippen LogP contribution in [0, 0.1) is 30.1 Å². The minimum absolute atomic E-state index is 0.0411. The number of carbonyl (C=O) groups is 3. The van der Waals surface area contributed by atoms with Gasteiger partial charge in [-0.05, 0) is 57.0 Å². The summed E-state index contributed by atoms with van der Waals surface area (Å²) in [4.78, 5) is 39.0. The maximum atomic E-state index is 12.7. The molecule has 0 radical (unpaired) electrons. The van der Waals surface area contributed by atoms with Gasteiger partial charge in [0.1, 0.15) is 6.04 Å². The number of likely N-dealkylation sites (tertiary alicyclic amines) is 1. The number of hydrogen-bond acceptors (Lipinski definition) is 5. The second kappa shape index (κ2) is 12.6. The Hall–Kier alpha value is -2.07. The third kappa shape index (κ3) is 8.35. The lowest BCUT2D eigenvalue weighted by Crippen LogP contribution is -2.47. The molecule has 0 aliphatic carbocycles. The van der Waals surface area contributed by atoms with Crippen molar-refractivity contribution >= 4 is 17.8 Å². The van der Waals surface area contributed by atoms with Crippen LogP contribution in [0.5, 0.6) is 0 Å². The van der Waals surface area contributed by atoms with Crippen LogP contribution in [0.25, 0.3) is 0 Å². The van der Waals surface area contributed by atoms with Crippen molar-refractivity contribution in [1.82, 2.24) is 15.5 Å². The predicted molar refractivity (Wildman–Crippen MR) is 115 cm³/mol. The van der Waals surface area contributed by atoms with Gasteiger partial charge in [0.15, 0.2) is 0 Å². The number of nitrogens with one attached hydrogen (secondary N) is 2. The van der Waals surface area contributed by atoms with Crippen LogP contribution in [0.3, 0.4) is 0 Å². The van der Waals surface area contributed by atoms with E-state index >= 15 is 0 Å². The van der Waals surface area contributed by atoms with Crippen LogP contribution in [0.1, 0.15) is 58.8 Å². The molecule has 2 saturated heterocycles. The Bertz CT molecular complexity index is 622. The molecule has 2 atom stereocenters. The summed E-state index contributed by atoms with van der Waals surface area (Å²) in [5.41, 5.74) is 0. The molecule has 30 heavy (non-hydrogen) atoms. The average Bonchev–Trinajstić information content (AvgIpc) is 2.76. The summed E-state index contributed by atoms with van der Waals surface area (Å²) in [7, 11) is 0. The molecule has 0 aromatic heterocycles. The number of esters is 1. The van der Waals surface area contributed by atoms with E-state index in [1.807, 2.05) is 18.7 Å². The normalized spacial score (nSPS) is 21.0. The topological polar surface area (TPSA) is 87.7 Å². The molecule has 168 valence electrons. The Labute approximate surface area is 180 Å². The summed E-state index contributed by atoms with van der Waals surface area (Å²) >= 11 is 0. The number of nitrogens with zero attached hydrogens (tertiary/aromatic N) is 1. The van der Waals surface area contributed by atoms with Crippen molar-refractivity contribution in [3.8, 4) is 12.3 Å². The first kappa shape index (κ1) is 24.2. The first-order valence-corrected chi connectivity index (χ1v) is 11.3. The molecule has 0 unspecified atom stereocenters. The first-order valence-electron chi connectivity index (χ1n) is 11.3. The molecule has 0 spiro atoms. The lowest BCUT2D eigenvalue weighted by atomic mass is 9.92. The Morgan fingerprint density at radius 2 is 1.97 bits per heavy atom. The molecule has 0 saturated carbocycles. The van der Waals surface area contributed by atoms with Crippen LogP contribution < -0.4 is 10.6 Å². The van der Waals surface area contributed by atoms with E-state index in [4.69, 9.17) is 11.2 Å². The molecule has 0 bridgehead atoms. The molecule has 2 fully saturated rings. The summed E-state index contributed by atoms with van der Waals surface area (Å²) < 4.78 is 5.15. The molecule has 2 heterocycles. The van der Waals surface area contributed by atoms with Crippen molar-refractivity contribution in [2.75, 3.05) is 32.8 Å². The largest absolute Gasteiger partial charge is 0.465 e. The van der Waals surface area contributed by atoms with Crippen LogP contribution in [-0.2, 0) is 19.1 Å². The van der Waals surface area contributed by atoms with Crippen molar-refractivity contribution in [2.24, 2.45) is 17.8 Å². The van der Waals surface area contributed by atoms with Crippen LogP contribution >= 0.6 is 0 Å². The van der Waals surface area contributed by atoms with Gasteiger partial charge in [0.2, 0.25) is 11.8 Å². The molecule has 2 rings (SSSR count). The van der Waals surface area contributed by atoms with Gasteiger partial charge in [0, 0.05) is 19.5 Å². The maximum absolute atomic E-state index is 12.7. The van der Waals surface area contributed by atoms with Crippen molar-refractivity contribution in [2.45, 2.75) is 64.8 Å². The van der Waals surface area contributed by atoms with Crippen LogP contribution in [0.2, 0.25) is 0 Å². The highest BCUT2D eigenvalue weighted by atomic mass is 16.5. The molecule has 2 aliphatic rings. The number of amides is 2. The molecule has 0 aromatic rings. The minimum atomic E-state index is -0.692. The SMILES string of the molecule is C#C[C@H](CC(=O)OCC(C)C)NC(=O)[C@@H]1CCCN(C(=O)CCC2CCNCC2)C1. The predicted octanol–water partition coefficient (Wildman–Crippen LogP) is 1.71. The van der Waals surface area contributed by atoms with Crippen LogP contribution in [0.4, 0.5) is 0 Å². The van der Waals surface area contributed by atoms with Gasteiger partial charge in [-0.15, -0.1) is 6.42 Å². The van der Waals surface area contributed by atoms with E-state index < -0.39 is 12.0 Å². The highest BCUT2D eigenvalue weighted by Crippen LogP contribution is 2.21. The number of carbonyl (C=O) groups excluding carboxylic acids is 3. The number of ether oxygens (including phenoxy) is 1. The van der Waals surface area contributed by atoms with Crippen molar-refractivity contribution in [1.29, 1.82) is 0 Å². The summed E-state index contributed by atoms with van der Waals surface area (Å²) in [5.74, 6) is 2.57. The van der Waals surface area contributed by atoms with E-state index in [1.165, 1.54) is 0 Å². The third-order valence-corrected chi connectivity index (χ3v) is 5.84. The third-order valence-electron chi connectivity index (χ3n) is 5.84. The van der Waals surface area contributed by atoms with Gasteiger partial charge in [0.25, 0.3) is 0 Å². The fourth-order valence-corrected chi connectivity index (χ4v) is 4.00. The van der Waals surface area contributed by atoms with Crippen LogP contribution in [-0.4, -0.2) is 61.5 Å². The van der Waals surface area contributed by atoms with Crippen LogP contribution in [0.15, 0.2) is 0 Å². The van der Waals surface area contributed by atoms with Gasteiger partial charge >= 0.3 is 5.97 Å². The zero-order chi connectivity index (χ0) is 21.9. The van der Waals surface area contributed by atoms with E-state index in [0.29, 0.717) is 32.0 Å². The van der Waals surface area contributed by atoms with Gasteiger partial charge in [-0.1, -0.05) is 19.8 Å². The Kier molecular flexibility index (Phi) is 10.2. The number of piperidine rings is 2. The molecule has 2 amide bonds. The lowest BCUT2D eigenvalue weighted by molar-refractivity contribution is -0.145. The summed E-state index contributed by atoms with van der Waals surface area (Å²) in [6.07, 6.45) is 10.7. The Morgan fingerprint density at radius 1 is 1.23 bits per heavy atom. The molecule has 7 nitrogen and oxygen atoms in total. The molecule has 2 N–H and O–H groups in total. The highest BCUT2D eigenvalue weighted by Gasteiger charge is 2.30. The second-order valence-corrected chi connectivity index (χ2v) is 8.92. The lowest BCUT2D eigenvalue weighted by Gasteiger charge is -2.33. The van der Waals surface area contributed by atoms with Gasteiger partial charge in [-0.2, -0.15) is 0 Å². The Morgan fingerprint density at radius 3 is 2.63 bits per heavy atom. The number of rotatable bonds is 9. The molecular weight excluding hydrogens is 382 g/mol. The zero-order valence-corrected chi connectivity index (χ0v) is 18.5.